The monoisotopic (exact) mass is 425 g/mol. The van der Waals surface area contributed by atoms with Crippen LogP contribution in [0.2, 0.25) is 0 Å². The van der Waals surface area contributed by atoms with Gasteiger partial charge in [-0.1, -0.05) is 31.9 Å². The van der Waals surface area contributed by atoms with E-state index < -0.39 is 0 Å². The van der Waals surface area contributed by atoms with Crippen molar-refractivity contribution in [3.8, 4) is 0 Å². The maximum atomic E-state index is 12.3. The molecule has 0 bridgehead atoms. The lowest BCUT2D eigenvalue weighted by molar-refractivity contribution is 0.0764. The van der Waals surface area contributed by atoms with Crippen molar-refractivity contribution in [2.24, 2.45) is 0 Å². The van der Waals surface area contributed by atoms with Crippen LogP contribution in [0.15, 0.2) is 27.1 Å². The molecule has 1 aromatic carbocycles. The minimum absolute atomic E-state index is 0.0709. The van der Waals surface area contributed by atoms with Crippen LogP contribution in [-0.4, -0.2) is 29.2 Å². The summed E-state index contributed by atoms with van der Waals surface area (Å²) in [6.07, 6.45) is 0.963. The highest BCUT2D eigenvalue weighted by atomic mass is 79.9. The second-order valence-corrected chi connectivity index (χ2v) is 6.11. The summed E-state index contributed by atoms with van der Waals surface area (Å²) in [5.41, 5.74) is 0.704. The zero-order chi connectivity index (χ0) is 12.8. The Morgan fingerprint density at radius 1 is 1.35 bits per heavy atom. The van der Waals surface area contributed by atoms with Crippen LogP contribution in [0, 0.1) is 0 Å². The first kappa shape index (κ1) is 15.2. The number of benzene rings is 1. The van der Waals surface area contributed by atoms with E-state index in [-0.39, 0.29) is 5.91 Å². The minimum Gasteiger partial charge on any atom is -0.339 e. The van der Waals surface area contributed by atoms with E-state index in [4.69, 9.17) is 0 Å². The van der Waals surface area contributed by atoms with Crippen LogP contribution in [-0.2, 0) is 0 Å². The third-order valence-corrected chi connectivity index (χ3v) is 4.13. The number of nitrogens with zero attached hydrogens (tertiary/aromatic N) is 1. The van der Waals surface area contributed by atoms with Gasteiger partial charge in [-0.05, 0) is 47.5 Å². The molecule has 5 heteroatoms. The first-order valence-corrected chi connectivity index (χ1v) is 8.11. The molecule has 0 aliphatic carbocycles. The van der Waals surface area contributed by atoms with Crippen LogP contribution >= 0.6 is 47.8 Å². The summed E-state index contributed by atoms with van der Waals surface area (Å²) in [5.74, 6) is 0.0709. The summed E-state index contributed by atoms with van der Waals surface area (Å²) in [5, 5.41) is 0.913. The predicted octanol–water partition coefficient (Wildman–Crippen LogP) is 4.46. The number of hydrogen-bond acceptors (Lipinski definition) is 1. The van der Waals surface area contributed by atoms with Gasteiger partial charge in [0.25, 0.3) is 5.91 Å². The van der Waals surface area contributed by atoms with Gasteiger partial charge in [0, 0.05) is 27.4 Å². The number of carbonyl (C=O) groups is 1. The minimum atomic E-state index is 0.0709. The molecule has 0 unspecified atom stereocenters. The Morgan fingerprint density at radius 3 is 2.65 bits per heavy atom. The first-order chi connectivity index (χ1) is 8.10. The van der Waals surface area contributed by atoms with Crippen molar-refractivity contribution < 1.29 is 4.79 Å². The summed E-state index contributed by atoms with van der Waals surface area (Å²) >= 11 is 10.2. The molecule has 0 atom stereocenters. The van der Waals surface area contributed by atoms with E-state index in [0.717, 1.165) is 33.8 Å². The molecule has 0 radical (unpaired) electrons. The molecule has 0 N–H and O–H groups in total. The third-order valence-electron chi connectivity index (χ3n) is 2.39. The third kappa shape index (κ3) is 4.38. The molecule has 2 nitrogen and oxygen atoms in total. The molecule has 1 aromatic rings. The molecule has 0 saturated heterocycles. The number of carbonyl (C=O) groups excluding carboxylic acids is 1. The molecule has 1 rings (SSSR count). The van der Waals surface area contributed by atoms with Crippen LogP contribution in [0.1, 0.15) is 23.7 Å². The van der Waals surface area contributed by atoms with Crippen molar-refractivity contribution in [2.75, 3.05) is 18.4 Å². The molecule has 0 saturated carbocycles. The molecule has 0 aromatic heterocycles. The Hall–Kier alpha value is 0.130. The number of halogens is 3. The summed E-state index contributed by atoms with van der Waals surface area (Å²) in [6.45, 7) is 3.50. The second-order valence-electron chi connectivity index (χ2n) is 3.55. The van der Waals surface area contributed by atoms with Crippen molar-refractivity contribution >= 4 is 53.7 Å². The lowest BCUT2D eigenvalue weighted by Gasteiger charge is -2.21. The van der Waals surface area contributed by atoms with Crippen molar-refractivity contribution in [3.63, 3.8) is 0 Å². The Bertz CT molecular complexity index is 395. The van der Waals surface area contributed by atoms with Gasteiger partial charge in [-0.15, -0.1) is 0 Å². The van der Waals surface area contributed by atoms with Gasteiger partial charge in [-0.25, -0.2) is 0 Å². The van der Waals surface area contributed by atoms with Gasteiger partial charge in [-0.2, -0.15) is 0 Å². The molecule has 0 heterocycles. The van der Waals surface area contributed by atoms with E-state index in [1.54, 1.807) is 0 Å². The number of alkyl halides is 1. The maximum Gasteiger partial charge on any atom is 0.255 e. The molecule has 17 heavy (non-hydrogen) atoms. The van der Waals surface area contributed by atoms with Crippen LogP contribution in [0.3, 0.4) is 0 Å². The van der Waals surface area contributed by atoms with E-state index in [1.165, 1.54) is 0 Å². The van der Waals surface area contributed by atoms with E-state index in [9.17, 15) is 4.79 Å². The van der Waals surface area contributed by atoms with Gasteiger partial charge in [-0.3, -0.25) is 4.79 Å². The van der Waals surface area contributed by atoms with E-state index in [0.29, 0.717) is 5.56 Å². The van der Waals surface area contributed by atoms with Gasteiger partial charge >= 0.3 is 0 Å². The molecule has 0 aliphatic heterocycles. The Kier molecular flexibility index (Phi) is 6.74. The fraction of sp³-hybridized carbons (Fsp3) is 0.417. The lowest BCUT2D eigenvalue weighted by Crippen LogP contribution is -2.32. The van der Waals surface area contributed by atoms with E-state index >= 15 is 0 Å². The van der Waals surface area contributed by atoms with Gasteiger partial charge < -0.3 is 4.90 Å². The van der Waals surface area contributed by atoms with Crippen LogP contribution in [0.4, 0.5) is 0 Å². The van der Waals surface area contributed by atoms with Gasteiger partial charge in [0.15, 0.2) is 0 Å². The Labute approximate surface area is 127 Å². The van der Waals surface area contributed by atoms with Crippen LogP contribution in [0.25, 0.3) is 0 Å². The van der Waals surface area contributed by atoms with Gasteiger partial charge in [0.05, 0.1) is 5.56 Å². The van der Waals surface area contributed by atoms with Gasteiger partial charge in [0.2, 0.25) is 0 Å². The van der Waals surface area contributed by atoms with Crippen LogP contribution < -0.4 is 0 Å². The fourth-order valence-corrected chi connectivity index (χ4v) is 2.51. The smallest absolute Gasteiger partial charge is 0.255 e. The second kappa shape index (κ2) is 7.54. The van der Waals surface area contributed by atoms with E-state index in [1.807, 2.05) is 30.0 Å². The molecule has 1 amide bonds. The van der Waals surface area contributed by atoms with E-state index in [2.05, 4.69) is 47.8 Å². The average Bonchev–Trinajstić information content (AvgIpc) is 2.33. The average molecular weight is 428 g/mol. The maximum absolute atomic E-state index is 12.3. The molecular formula is C12H14Br3NO. The van der Waals surface area contributed by atoms with Crippen molar-refractivity contribution in [1.29, 1.82) is 0 Å². The summed E-state index contributed by atoms with van der Waals surface area (Å²) in [6, 6.07) is 5.65. The highest BCUT2D eigenvalue weighted by Crippen LogP contribution is 2.23. The normalized spacial score (nSPS) is 10.4. The number of hydrogen-bond donors (Lipinski definition) is 0. The highest BCUT2D eigenvalue weighted by Gasteiger charge is 2.16. The SMILES string of the molecule is CCN(CCCBr)C(=O)c1cc(Br)ccc1Br. The van der Waals surface area contributed by atoms with Gasteiger partial charge in [0.1, 0.15) is 0 Å². The van der Waals surface area contributed by atoms with Crippen LogP contribution in [0.5, 0.6) is 0 Å². The molecule has 0 spiro atoms. The Morgan fingerprint density at radius 2 is 2.06 bits per heavy atom. The zero-order valence-corrected chi connectivity index (χ0v) is 14.3. The predicted molar refractivity (Wildman–Crippen MR) is 81.8 cm³/mol. The summed E-state index contributed by atoms with van der Waals surface area (Å²) < 4.78 is 1.75. The van der Waals surface area contributed by atoms with Crippen molar-refractivity contribution in [2.45, 2.75) is 13.3 Å². The standard InChI is InChI=1S/C12H14Br3NO/c1-2-16(7-3-6-13)12(17)10-8-9(14)4-5-11(10)15/h4-5,8H,2-3,6-7H2,1H3. The molecule has 0 fully saturated rings. The molecule has 0 aliphatic rings. The quantitative estimate of drug-likeness (QED) is 0.635. The summed E-state index contributed by atoms with van der Waals surface area (Å²) in [7, 11) is 0. The zero-order valence-electron chi connectivity index (χ0n) is 9.55. The Balaban J connectivity index is 2.89. The highest BCUT2D eigenvalue weighted by molar-refractivity contribution is 9.11. The molecular weight excluding hydrogens is 414 g/mol. The summed E-state index contributed by atoms with van der Waals surface area (Å²) in [4.78, 5) is 14.2. The van der Waals surface area contributed by atoms with Crippen molar-refractivity contribution in [3.05, 3.63) is 32.7 Å². The first-order valence-electron chi connectivity index (χ1n) is 5.40. The number of amides is 1. The van der Waals surface area contributed by atoms with Crippen molar-refractivity contribution in [1.82, 2.24) is 4.90 Å². The molecule has 94 valence electrons. The largest absolute Gasteiger partial charge is 0.339 e. The number of rotatable bonds is 5. The fourth-order valence-electron chi connectivity index (χ4n) is 1.49. The topological polar surface area (TPSA) is 20.3 Å². The lowest BCUT2D eigenvalue weighted by atomic mass is 10.2.